The normalized spacial score (nSPS) is 19.7. The second-order valence-electron chi connectivity index (χ2n) is 6.07. The molecule has 1 aromatic heterocycles. The van der Waals surface area contributed by atoms with Gasteiger partial charge in [-0.15, -0.1) is 0 Å². The zero-order valence-electron chi connectivity index (χ0n) is 14.6. The Bertz CT molecular complexity index is 772. The molecule has 0 aliphatic carbocycles. The predicted octanol–water partition coefficient (Wildman–Crippen LogP) is 0.968. The highest BCUT2D eigenvalue weighted by molar-refractivity contribution is 5.94. The molecule has 26 heavy (non-hydrogen) atoms. The quantitative estimate of drug-likeness (QED) is 0.800. The molecule has 0 radical (unpaired) electrons. The van der Waals surface area contributed by atoms with Gasteiger partial charge in [-0.3, -0.25) is 14.3 Å². The van der Waals surface area contributed by atoms with Crippen LogP contribution in [-0.2, 0) is 11.3 Å². The maximum Gasteiger partial charge on any atom is 0.254 e. The number of nitrogens with zero attached hydrogens (tertiary/aromatic N) is 2. The van der Waals surface area contributed by atoms with Gasteiger partial charge in [0.25, 0.3) is 5.91 Å². The van der Waals surface area contributed by atoms with Crippen LogP contribution in [0.1, 0.15) is 34.1 Å². The Morgan fingerprint density at radius 1 is 1.35 bits per heavy atom. The minimum atomic E-state index is -0.490. The van der Waals surface area contributed by atoms with E-state index in [0.717, 1.165) is 0 Å². The fourth-order valence-electron chi connectivity index (χ4n) is 2.77. The van der Waals surface area contributed by atoms with Gasteiger partial charge in [0.15, 0.2) is 0 Å². The number of primary amides is 1. The van der Waals surface area contributed by atoms with Crippen LogP contribution in [0.15, 0.2) is 36.7 Å². The number of carbonyl (C=O) groups excluding carboxylic acids is 2. The van der Waals surface area contributed by atoms with Gasteiger partial charge in [0, 0.05) is 24.9 Å². The number of amides is 2. The lowest BCUT2D eigenvalue weighted by atomic mass is 10.1. The zero-order valence-corrected chi connectivity index (χ0v) is 14.6. The smallest absolute Gasteiger partial charge is 0.254 e. The van der Waals surface area contributed by atoms with Crippen molar-refractivity contribution in [2.24, 2.45) is 5.73 Å². The third-order valence-corrected chi connectivity index (χ3v) is 4.27. The molecule has 2 amide bonds. The van der Waals surface area contributed by atoms with Crippen LogP contribution in [0.25, 0.3) is 0 Å². The molecular weight excluding hydrogens is 336 g/mol. The van der Waals surface area contributed by atoms with E-state index in [4.69, 9.17) is 15.2 Å². The lowest BCUT2D eigenvalue weighted by Crippen LogP contribution is -2.51. The van der Waals surface area contributed by atoms with Gasteiger partial charge in [0.05, 0.1) is 24.4 Å². The minimum absolute atomic E-state index is 0.183. The second kappa shape index (κ2) is 8.01. The van der Waals surface area contributed by atoms with Crippen LogP contribution in [0.4, 0.5) is 0 Å². The summed E-state index contributed by atoms with van der Waals surface area (Å²) >= 11 is 0. The summed E-state index contributed by atoms with van der Waals surface area (Å²) in [7, 11) is 0. The van der Waals surface area contributed by atoms with Gasteiger partial charge in [-0.25, -0.2) is 0 Å². The molecule has 1 aliphatic rings. The van der Waals surface area contributed by atoms with Crippen molar-refractivity contribution in [1.82, 2.24) is 15.1 Å². The first-order chi connectivity index (χ1) is 12.6. The summed E-state index contributed by atoms with van der Waals surface area (Å²) in [6.07, 6.45) is 3.59. The van der Waals surface area contributed by atoms with Crippen LogP contribution in [0.2, 0.25) is 0 Å². The Kier molecular flexibility index (Phi) is 5.52. The molecule has 1 fully saturated rings. The van der Waals surface area contributed by atoms with Crippen LogP contribution < -0.4 is 15.8 Å². The number of rotatable bonds is 6. The molecule has 0 spiro atoms. The van der Waals surface area contributed by atoms with E-state index in [0.29, 0.717) is 43.1 Å². The Morgan fingerprint density at radius 3 is 2.77 bits per heavy atom. The highest BCUT2D eigenvalue weighted by atomic mass is 16.5. The number of benzene rings is 1. The van der Waals surface area contributed by atoms with E-state index < -0.39 is 5.91 Å². The summed E-state index contributed by atoms with van der Waals surface area (Å²) in [6.45, 7) is 3.59. The van der Waals surface area contributed by atoms with Crippen molar-refractivity contribution in [2.45, 2.75) is 32.0 Å². The molecule has 1 saturated heterocycles. The lowest BCUT2D eigenvalue weighted by Gasteiger charge is -2.32. The van der Waals surface area contributed by atoms with Crippen molar-refractivity contribution in [3.8, 4) is 5.75 Å². The summed E-state index contributed by atoms with van der Waals surface area (Å²) in [5.74, 6) is -0.0897. The molecule has 2 atom stereocenters. The average molecular weight is 358 g/mol. The number of hydrogen-bond donors (Lipinski definition) is 2. The number of nitrogens with one attached hydrogen (secondary N) is 1. The topological polar surface area (TPSA) is 108 Å². The molecule has 0 bridgehead atoms. The van der Waals surface area contributed by atoms with E-state index in [2.05, 4.69) is 10.4 Å². The fourth-order valence-corrected chi connectivity index (χ4v) is 2.77. The Morgan fingerprint density at radius 2 is 2.12 bits per heavy atom. The van der Waals surface area contributed by atoms with Gasteiger partial charge >= 0.3 is 0 Å². The van der Waals surface area contributed by atoms with Crippen LogP contribution in [0.5, 0.6) is 5.75 Å². The van der Waals surface area contributed by atoms with Gasteiger partial charge < -0.3 is 20.5 Å². The van der Waals surface area contributed by atoms with Crippen molar-refractivity contribution >= 4 is 11.8 Å². The van der Waals surface area contributed by atoms with Crippen molar-refractivity contribution in [1.29, 1.82) is 0 Å². The van der Waals surface area contributed by atoms with Gasteiger partial charge in [-0.1, -0.05) is 0 Å². The SMILES string of the molecule is CCn1cc(C(=O)N[C@@H]2CCOC[C@H]2Oc2ccc(C(N)=O)cc2)cn1. The molecule has 3 N–H and O–H groups in total. The molecular formula is C18H22N4O4. The monoisotopic (exact) mass is 358 g/mol. The van der Waals surface area contributed by atoms with Crippen LogP contribution in [0.3, 0.4) is 0 Å². The number of aryl methyl sites for hydroxylation is 1. The molecule has 1 aromatic carbocycles. The maximum absolute atomic E-state index is 12.4. The summed E-state index contributed by atoms with van der Waals surface area (Å²) in [5.41, 5.74) is 6.17. The molecule has 0 saturated carbocycles. The minimum Gasteiger partial charge on any atom is -0.486 e. The Hall–Kier alpha value is -2.87. The summed E-state index contributed by atoms with van der Waals surface area (Å²) in [6, 6.07) is 6.39. The number of aromatic nitrogens is 2. The van der Waals surface area contributed by atoms with Crippen LogP contribution >= 0.6 is 0 Å². The third kappa shape index (κ3) is 4.20. The van der Waals surface area contributed by atoms with E-state index in [1.165, 1.54) is 0 Å². The predicted molar refractivity (Wildman–Crippen MR) is 94.0 cm³/mol. The molecule has 138 valence electrons. The summed E-state index contributed by atoms with van der Waals surface area (Å²) < 4.78 is 13.1. The number of nitrogens with two attached hydrogens (primary N) is 1. The second-order valence-corrected chi connectivity index (χ2v) is 6.07. The van der Waals surface area contributed by atoms with E-state index in [1.54, 1.807) is 41.3 Å². The molecule has 3 rings (SSSR count). The van der Waals surface area contributed by atoms with Gasteiger partial charge in [-0.2, -0.15) is 5.10 Å². The van der Waals surface area contributed by atoms with Gasteiger partial charge in [0.2, 0.25) is 5.91 Å². The van der Waals surface area contributed by atoms with Gasteiger partial charge in [-0.05, 0) is 37.6 Å². The first kappa shape index (κ1) is 17.9. The highest BCUT2D eigenvalue weighted by Crippen LogP contribution is 2.19. The van der Waals surface area contributed by atoms with Crippen molar-refractivity contribution in [2.75, 3.05) is 13.2 Å². The average Bonchev–Trinajstić information content (AvgIpc) is 3.13. The standard InChI is InChI=1S/C18H22N4O4/c1-2-22-10-13(9-20-22)18(24)21-15-7-8-25-11-16(15)26-14-5-3-12(4-6-14)17(19)23/h3-6,9-10,15-16H,2,7-8,11H2,1H3,(H2,19,23)(H,21,24)/t15-,16-/m1/s1. The first-order valence-corrected chi connectivity index (χ1v) is 8.54. The molecule has 2 aromatic rings. The summed E-state index contributed by atoms with van der Waals surface area (Å²) in [4.78, 5) is 23.6. The van der Waals surface area contributed by atoms with E-state index in [-0.39, 0.29) is 18.1 Å². The molecule has 8 nitrogen and oxygen atoms in total. The molecule has 0 unspecified atom stereocenters. The Balaban J connectivity index is 1.65. The fraction of sp³-hybridized carbons (Fsp3) is 0.389. The number of ether oxygens (including phenoxy) is 2. The van der Waals surface area contributed by atoms with E-state index in [1.807, 2.05) is 6.92 Å². The Labute approximate surface area is 151 Å². The third-order valence-electron chi connectivity index (χ3n) is 4.27. The zero-order chi connectivity index (χ0) is 18.5. The van der Waals surface area contributed by atoms with Crippen LogP contribution in [0, 0.1) is 0 Å². The highest BCUT2D eigenvalue weighted by Gasteiger charge is 2.29. The largest absolute Gasteiger partial charge is 0.486 e. The first-order valence-electron chi connectivity index (χ1n) is 8.54. The van der Waals surface area contributed by atoms with E-state index >= 15 is 0 Å². The van der Waals surface area contributed by atoms with Gasteiger partial charge in [0.1, 0.15) is 11.9 Å². The molecule has 8 heteroatoms. The molecule has 2 heterocycles. The number of carbonyl (C=O) groups is 2. The van der Waals surface area contributed by atoms with E-state index in [9.17, 15) is 9.59 Å². The molecule has 1 aliphatic heterocycles. The maximum atomic E-state index is 12.4. The van der Waals surface area contributed by atoms with Crippen molar-refractivity contribution in [3.05, 3.63) is 47.8 Å². The lowest BCUT2D eigenvalue weighted by molar-refractivity contribution is -0.0135. The van der Waals surface area contributed by atoms with Crippen molar-refractivity contribution < 1.29 is 19.1 Å². The van der Waals surface area contributed by atoms with Crippen LogP contribution in [-0.4, -0.2) is 47.0 Å². The number of hydrogen-bond acceptors (Lipinski definition) is 5. The summed E-state index contributed by atoms with van der Waals surface area (Å²) in [5, 5.41) is 7.12. The van der Waals surface area contributed by atoms with Crippen molar-refractivity contribution in [3.63, 3.8) is 0 Å².